The smallest absolute Gasteiger partial charge is 0.410 e. The fourth-order valence-corrected chi connectivity index (χ4v) is 3.06. The largest absolute Gasteiger partial charge is 0.444 e. The van der Waals surface area contributed by atoms with E-state index in [0.29, 0.717) is 29.4 Å². The molecule has 5 nitrogen and oxygen atoms in total. The van der Waals surface area contributed by atoms with Crippen LogP contribution in [0.15, 0.2) is 24.3 Å². The molecule has 2 heterocycles. The van der Waals surface area contributed by atoms with Gasteiger partial charge in [-0.3, -0.25) is 0 Å². The summed E-state index contributed by atoms with van der Waals surface area (Å²) in [4.78, 5) is 18.1. The molecule has 0 bridgehead atoms. The molecule has 1 saturated heterocycles. The summed E-state index contributed by atoms with van der Waals surface area (Å²) in [7, 11) is 0. The summed E-state index contributed by atoms with van der Waals surface area (Å²) in [6.45, 7) is 6.62. The van der Waals surface area contributed by atoms with Gasteiger partial charge in [0.25, 0.3) is 0 Å². The SMILES string of the molecule is CC(C)(C)OC(=O)N1CCC(Nc2nc(Cl)cc3ccc(F)cc23)C1. The molecule has 134 valence electrons. The van der Waals surface area contributed by atoms with Gasteiger partial charge >= 0.3 is 6.09 Å². The molecule has 1 N–H and O–H groups in total. The molecule has 7 heteroatoms. The summed E-state index contributed by atoms with van der Waals surface area (Å²) < 4.78 is 19.0. The average molecular weight is 366 g/mol. The molecule has 0 saturated carbocycles. The van der Waals surface area contributed by atoms with Crippen LogP contribution in [0.4, 0.5) is 15.0 Å². The van der Waals surface area contributed by atoms with Crippen LogP contribution in [0, 0.1) is 5.82 Å². The molecule has 0 radical (unpaired) electrons. The number of nitrogens with zero attached hydrogens (tertiary/aromatic N) is 2. The second-order valence-electron chi connectivity index (χ2n) is 7.22. The van der Waals surface area contributed by atoms with E-state index in [1.54, 1.807) is 17.0 Å². The quantitative estimate of drug-likeness (QED) is 0.799. The summed E-state index contributed by atoms with van der Waals surface area (Å²) in [5.41, 5.74) is -0.523. The Kier molecular flexibility index (Phi) is 4.73. The molecular weight excluding hydrogens is 345 g/mol. The number of carbonyl (C=O) groups excluding carboxylic acids is 1. The number of amides is 1. The van der Waals surface area contributed by atoms with E-state index in [1.807, 2.05) is 20.8 Å². The number of pyridine rings is 1. The number of rotatable bonds is 2. The number of fused-ring (bicyclic) bond motifs is 1. The van der Waals surface area contributed by atoms with Gasteiger partial charge in [-0.05, 0) is 50.8 Å². The minimum atomic E-state index is -0.523. The van der Waals surface area contributed by atoms with Crippen molar-refractivity contribution in [1.29, 1.82) is 0 Å². The predicted octanol–water partition coefficient (Wildman–Crippen LogP) is 4.45. The Bertz CT molecular complexity index is 807. The van der Waals surface area contributed by atoms with Crippen molar-refractivity contribution in [3.05, 3.63) is 35.2 Å². The third kappa shape index (κ3) is 4.31. The van der Waals surface area contributed by atoms with Gasteiger partial charge in [-0.25, -0.2) is 14.2 Å². The third-order valence-corrected chi connectivity index (χ3v) is 4.14. The lowest BCUT2D eigenvalue weighted by atomic mass is 10.1. The Hall–Kier alpha value is -2.08. The van der Waals surface area contributed by atoms with Crippen LogP contribution < -0.4 is 5.32 Å². The molecule has 25 heavy (non-hydrogen) atoms. The molecule has 1 aromatic heterocycles. The van der Waals surface area contributed by atoms with E-state index in [0.717, 1.165) is 11.8 Å². The molecule has 2 aromatic rings. The van der Waals surface area contributed by atoms with Crippen LogP contribution in [0.2, 0.25) is 5.15 Å². The summed E-state index contributed by atoms with van der Waals surface area (Å²) >= 11 is 6.07. The van der Waals surface area contributed by atoms with Crippen molar-refractivity contribution in [3.63, 3.8) is 0 Å². The van der Waals surface area contributed by atoms with Crippen LogP contribution in [-0.4, -0.2) is 40.7 Å². The highest BCUT2D eigenvalue weighted by Gasteiger charge is 2.30. The van der Waals surface area contributed by atoms with Crippen LogP contribution in [0.1, 0.15) is 27.2 Å². The summed E-state index contributed by atoms with van der Waals surface area (Å²) in [5.74, 6) is 0.194. The van der Waals surface area contributed by atoms with Crippen molar-refractivity contribution < 1.29 is 13.9 Å². The molecule has 1 fully saturated rings. The van der Waals surface area contributed by atoms with Crippen molar-refractivity contribution in [3.8, 4) is 0 Å². The number of aromatic nitrogens is 1. The number of likely N-dealkylation sites (tertiary alicyclic amines) is 1. The third-order valence-electron chi connectivity index (χ3n) is 3.94. The molecule has 0 aliphatic carbocycles. The second-order valence-corrected chi connectivity index (χ2v) is 7.60. The lowest BCUT2D eigenvalue weighted by Gasteiger charge is -2.24. The van der Waals surface area contributed by atoms with Crippen molar-refractivity contribution >= 4 is 34.3 Å². The maximum atomic E-state index is 13.6. The van der Waals surface area contributed by atoms with Crippen LogP contribution in [-0.2, 0) is 4.74 Å². The van der Waals surface area contributed by atoms with Crippen LogP contribution in [0.3, 0.4) is 0 Å². The van der Waals surface area contributed by atoms with E-state index >= 15 is 0 Å². The van der Waals surface area contributed by atoms with Crippen molar-refractivity contribution in [1.82, 2.24) is 9.88 Å². The molecular formula is C18H21ClFN3O2. The zero-order valence-electron chi connectivity index (χ0n) is 14.5. The minimum Gasteiger partial charge on any atom is -0.444 e. The Morgan fingerprint density at radius 1 is 1.40 bits per heavy atom. The molecule has 1 unspecified atom stereocenters. The lowest BCUT2D eigenvalue weighted by Crippen LogP contribution is -2.36. The molecule has 3 rings (SSSR count). The van der Waals surface area contributed by atoms with Crippen LogP contribution in [0.5, 0.6) is 0 Å². The number of halogens is 2. The molecule has 1 aliphatic rings. The van der Waals surface area contributed by atoms with Crippen molar-refractivity contribution in [2.75, 3.05) is 18.4 Å². The fourth-order valence-electron chi connectivity index (χ4n) is 2.86. The molecule has 1 atom stereocenters. The van der Waals surface area contributed by atoms with E-state index in [2.05, 4.69) is 10.3 Å². The van der Waals surface area contributed by atoms with E-state index in [9.17, 15) is 9.18 Å². The summed E-state index contributed by atoms with van der Waals surface area (Å²) in [5, 5.41) is 5.10. The number of carbonyl (C=O) groups is 1. The maximum Gasteiger partial charge on any atom is 0.410 e. The summed E-state index contributed by atoms with van der Waals surface area (Å²) in [6, 6.07) is 6.20. The normalized spacial score (nSPS) is 17.8. The monoisotopic (exact) mass is 365 g/mol. The number of benzene rings is 1. The molecule has 1 aliphatic heterocycles. The predicted molar refractivity (Wildman–Crippen MR) is 96.5 cm³/mol. The average Bonchev–Trinajstić information content (AvgIpc) is 2.95. The highest BCUT2D eigenvalue weighted by Crippen LogP contribution is 2.27. The van der Waals surface area contributed by atoms with Crippen molar-refractivity contribution in [2.45, 2.75) is 38.8 Å². The van der Waals surface area contributed by atoms with Crippen LogP contribution in [0.25, 0.3) is 10.8 Å². The number of ether oxygens (including phenoxy) is 1. The van der Waals surface area contributed by atoms with Gasteiger partial charge in [-0.2, -0.15) is 0 Å². The lowest BCUT2D eigenvalue weighted by molar-refractivity contribution is 0.0293. The number of nitrogens with one attached hydrogen (secondary N) is 1. The first kappa shape index (κ1) is 17.7. The van der Waals surface area contributed by atoms with Crippen molar-refractivity contribution in [2.24, 2.45) is 0 Å². The van der Waals surface area contributed by atoms with Gasteiger partial charge in [-0.1, -0.05) is 17.7 Å². The first-order valence-electron chi connectivity index (χ1n) is 8.21. The Morgan fingerprint density at radius 2 is 2.16 bits per heavy atom. The fraction of sp³-hybridized carbons (Fsp3) is 0.444. The first-order valence-corrected chi connectivity index (χ1v) is 8.59. The van der Waals surface area contributed by atoms with E-state index < -0.39 is 5.60 Å². The molecule has 1 aromatic carbocycles. The zero-order valence-corrected chi connectivity index (χ0v) is 15.2. The Labute approximate surface area is 151 Å². The number of anilines is 1. The van der Waals surface area contributed by atoms with Gasteiger partial charge in [0.05, 0.1) is 0 Å². The topological polar surface area (TPSA) is 54.5 Å². The highest BCUT2D eigenvalue weighted by atomic mass is 35.5. The number of hydrogen-bond donors (Lipinski definition) is 1. The van der Waals surface area contributed by atoms with E-state index in [1.165, 1.54) is 12.1 Å². The van der Waals surface area contributed by atoms with E-state index in [-0.39, 0.29) is 18.0 Å². The van der Waals surface area contributed by atoms with E-state index in [4.69, 9.17) is 16.3 Å². The van der Waals surface area contributed by atoms with Gasteiger partial charge < -0.3 is 15.0 Å². The number of hydrogen-bond acceptors (Lipinski definition) is 4. The summed E-state index contributed by atoms with van der Waals surface area (Å²) in [6.07, 6.45) is 0.427. The van der Waals surface area contributed by atoms with Crippen LogP contribution >= 0.6 is 11.6 Å². The Balaban J connectivity index is 1.75. The van der Waals surface area contributed by atoms with Gasteiger partial charge in [0.1, 0.15) is 22.4 Å². The Morgan fingerprint density at radius 3 is 2.88 bits per heavy atom. The van der Waals surface area contributed by atoms with Gasteiger partial charge in [0.2, 0.25) is 0 Å². The molecule has 1 amide bonds. The standard InChI is InChI=1S/C18H21ClFN3O2/c1-18(2,3)25-17(24)23-7-6-13(10-23)21-16-14-9-12(20)5-4-11(14)8-15(19)22-16/h4-5,8-9,13H,6-7,10H2,1-3H3,(H,21,22). The van der Waals surface area contributed by atoms with Gasteiger partial charge in [-0.15, -0.1) is 0 Å². The molecule has 0 spiro atoms. The minimum absolute atomic E-state index is 0.00459. The second kappa shape index (κ2) is 6.67. The first-order chi connectivity index (χ1) is 11.7. The maximum absolute atomic E-state index is 13.6. The van der Waals surface area contributed by atoms with Gasteiger partial charge in [0.15, 0.2) is 0 Å². The zero-order chi connectivity index (χ0) is 18.2. The van der Waals surface area contributed by atoms with Gasteiger partial charge in [0, 0.05) is 24.5 Å². The highest BCUT2D eigenvalue weighted by molar-refractivity contribution is 6.30.